The number of carbonyl (C=O) groups excluding carboxylic acids is 2. The van der Waals surface area contributed by atoms with Crippen molar-refractivity contribution in [3.8, 4) is 5.75 Å². The highest BCUT2D eigenvalue weighted by Crippen LogP contribution is 2.25. The van der Waals surface area contributed by atoms with Gasteiger partial charge in [-0.3, -0.25) is 14.7 Å². The Bertz CT molecular complexity index is 924. The molecule has 2 aromatic rings. The van der Waals surface area contributed by atoms with Gasteiger partial charge < -0.3 is 20.5 Å². The molecule has 2 amide bonds. The molecule has 3 unspecified atom stereocenters. The monoisotopic (exact) mass is 428 g/mol. The Hall–Kier alpha value is -3.36. The fourth-order valence-electron chi connectivity index (χ4n) is 3.79. The molecule has 0 radical (unpaired) electrons. The van der Waals surface area contributed by atoms with Crippen LogP contribution >= 0.6 is 0 Å². The van der Waals surface area contributed by atoms with Crippen LogP contribution < -0.4 is 15.4 Å². The molecule has 0 saturated carbocycles. The number of carbonyl (C=O) groups is 3. The number of hydrogen-bond acceptors (Lipinski definition) is 5. The fourth-order valence-corrected chi connectivity index (χ4v) is 3.79. The van der Waals surface area contributed by atoms with Gasteiger partial charge in [0.05, 0.1) is 13.3 Å². The highest BCUT2D eigenvalue weighted by atomic mass is 16.5. The summed E-state index contributed by atoms with van der Waals surface area (Å²) < 4.78 is 5.09. The van der Waals surface area contributed by atoms with Crippen LogP contribution in [0.4, 0.5) is 0 Å². The lowest BCUT2D eigenvalue weighted by molar-refractivity contribution is -0.142. The largest absolute Gasteiger partial charge is 0.497 e. The van der Waals surface area contributed by atoms with Crippen LogP contribution in [0.3, 0.4) is 0 Å². The Balaban J connectivity index is 1.49. The third-order valence-corrected chi connectivity index (χ3v) is 5.58. The van der Waals surface area contributed by atoms with Gasteiger partial charge in [0.25, 0.3) is 0 Å². The molecule has 0 saturated heterocycles. The van der Waals surface area contributed by atoms with E-state index >= 15 is 0 Å². The summed E-state index contributed by atoms with van der Waals surface area (Å²) in [6.07, 6.45) is 4.76. The number of aromatic nitrogens is 2. The predicted octanol–water partition coefficient (Wildman–Crippen LogP) is 1.23. The summed E-state index contributed by atoms with van der Waals surface area (Å²) in [5, 5.41) is 21.7. The molecule has 1 aliphatic rings. The molecule has 0 aliphatic heterocycles. The molecule has 9 nitrogen and oxygen atoms in total. The number of benzene rings is 1. The molecule has 4 N–H and O–H groups in total. The number of amides is 2. The number of carboxylic acid groups (broad SMARTS) is 1. The SMILES string of the molecule is COc1ccc(CC(NC(=O)C(C)NC(=O)CC2CCc3[nH]ncc3C2)C(=O)O)cc1. The highest BCUT2D eigenvalue weighted by molar-refractivity contribution is 5.90. The molecule has 1 aliphatic carbocycles. The second-order valence-electron chi connectivity index (χ2n) is 7.93. The second kappa shape index (κ2) is 10.1. The molecule has 9 heteroatoms. The first kappa shape index (κ1) is 22.3. The van der Waals surface area contributed by atoms with Crippen molar-refractivity contribution in [3.05, 3.63) is 47.3 Å². The standard InChI is InChI=1S/C22H28N4O5/c1-13(24-20(27)11-15-5-8-18-16(9-15)12-23-26-18)21(28)25-19(22(29)30)10-14-3-6-17(31-2)7-4-14/h3-4,6-7,12-13,15,19H,5,8-11H2,1-2H3,(H,23,26)(H,24,27)(H,25,28)(H,29,30). The van der Waals surface area contributed by atoms with Gasteiger partial charge >= 0.3 is 5.97 Å². The van der Waals surface area contributed by atoms with Crippen LogP contribution in [0.5, 0.6) is 5.75 Å². The van der Waals surface area contributed by atoms with Crippen LogP contribution in [0.2, 0.25) is 0 Å². The van der Waals surface area contributed by atoms with Crippen molar-refractivity contribution in [3.63, 3.8) is 0 Å². The molecule has 0 bridgehead atoms. The van der Waals surface area contributed by atoms with E-state index in [2.05, 4.69) is 20.8 Å². The Morgan fingerprint density at radius 2 is 2.00 bits per heavy atom. The van der Waals surface area contributed by atoms with Crippen molar-refractivity contribution >= 4 is 17.8 Å². The van der Waals surface area contributed by atoms with Gasteiger partial charge in [-0.25, -0.2) is 4.79 Å². The number of aryl methyl sites for hydroxylation is 1. The van der Waals surface area contributed by atoms with Crippen LogP contribution in [0.1, 0.15) is 36.6 Å². The van der Waals surface area contributed by atoms with Crippen molar-refractivity contribution in [2.24, 2.45) is 5.92 Å². The summed E-state index contributed by atoms with van der Waals surface area (Å²) in [7, 11) is 1.55. The number of carboxylic acids is 1. The van der Waals surface area contributed by atoms with Crippen molar-refractivity contribution < 1.29 is 24.2 Å². The van der Waals surface area contributed by atoms with Crippen LogP contribution in [0.15, 0.2) is 30.5 Å². The molecule has 166 valence electrons. The van der Waals surface area contributed by atoms with Crippen LogP contribution in [-0.2, 0) is 33.6 Å². The zero-order chi connectivity index (χ0) is 22.4. The van der Waals surface area contributed by atoms with Crippen molar-refractivity contribution in [2.45, 2.75) is 51.1 Å². The molecule has 1 aromatic carbocycles. The number of nitrogens with one attached hydrogen (secondary N) is 3. The number of aromatic amines is 1. The average Bonchev–Trinajstić information content (AvgIpc) is 3.21. The van der Waals surface area contributed by atoms with Crippen molar-refractivity contribution in [1.29, 1.82) is 0 Å². The van der Waals surface area contributed by atoms with Crippen LogP contribution in [-0.4, -0.2) is 52.3 Å². The van der Waals surface area contributed by atoms with Gasteiger partial charge in [-0.05, 0) is 55.4 Å². The molecule has 0 spiro atoms. The van der Waals surface area contributed by atoms with Gasteiger partial charge in [-0.1, -0.05) is 12.1 Å². The number of hydrogen-bond donors (Lipinski definition) is 4. The number of H-pyrrole nitrogens is 1. The Morgan fingerprint density at radius 1 is 1.26 bits per heavy atom. The quantitative estimate of drug-likeness (QED) is 0.475. The maximum absolute atomic E-state index is 12.5. The highest BCUT2D eigenvalue weighted by Gasteiger charge is 2.26. The minimum Gasteiger partial charge on any atom is -0.497 e. The maximum Gasteiger partial charge on any atom is 0.326 e. The Kier molecular flexibility index (Phi) is 7.28. The molecular weight excluding hydrogens is 400 g/mol. The molecule has 1 aromatic heterocycles. The predicted molar refractivity (Wildman–Crippen MR) is 113 cm³/mol. The van der Waals surface area contributed by atoms with E-state index in [9.17, 15) is 19.5 Å². The average molecular weight is 428 g/mol. The lowest BCUT2D eigenvalue weighted by Crippen LogP contribution is -2.51. The number of fused-ring (bicyclic) bond motifs is 1. The maximum atomic E-state index is 12.5. The number of methoxy groups -OCH3 is 1. The van der Waals surface area contributed by atoms with Gasteiger partial charge in [-0.2, -0.15) is 5.10 Å². The van der Waals surface area contributed by atoms with E-state index in [1.165, 1.54) is 0 Å². The lowest BCUT2D eigenvalue weighted by atomic mass is 9.85. The minimum atomic E-state index is -1.14. The van der Waals surface area contributed by atoms with Gasteiger partial charge in [0.15, 0.2) is 0 Å². The second-order valence-corrected chi connectivity index (χ2v) is 7.93. The van der Waals surface area contributed by atoms with Gasteiger partial charge in [0.1, 0.15) is 17.8 Å². The topological polar surface area (TPSA) is 133 Å². The molecule has 3 atom stereocenters. The zero-order valence-electron chi connectivity index (χ0n) is 17.7. The normalized spacial score (nSPS) is 17.2. The van der Waals surface area contributed by atoms with Gasteiger partial charge in [0, 0.05) is 18.5 Å². The molecule has 31 heavy (non-hydrogen) atoms. The Labute approximate surface area is 180 Å². The fraction of sp³-hybridized carbons (Fsp3) is 0.455. The van der Waals surface area contributed by atoms with E-state index in [0.29, 0.717) is 12.2 Å². The third kappa shape index (κ3) is 6.07. The summed E-state index contributed by atoms with van der Waals surface area (Å²) >= 11 is 0. The molecule has 1 heterocycles. The third-order valence-electron chi connectivity index (χ3n) is 5.58. The minimum absolute atomic E-state index is 0.126. The summed E-state index contributed by atoms with van der Waals surface area (Å²) in [6.45, 7) is 1.55. The van der Waals surface area contributed by atoms with E-state index in [1.54, 1.807) is 44.5 Å². The molecular formula is C22H28N4O5. The van der Waals surface area contributed by atoms with E-state index in [4.69, 9.17) is 4.74 Å². The number of nitrogens with zero attached hydrogens (tertiary/aromatic N) is 1. The van der Waals surface area contributed by atoms with E-state index in [0.717, 1.165) is 36.1 Å². The summed E-state index contributed by atoms with van der Waals surface area (Å²) in [4.78, 5) is 36.5. The van der Waals surface area contributed by atoms with Crippen LogP contribution in [0, 0.1) is 5.92 Å². The summed E-state index contributed by atoms with van der Waals surface area (Å²) in [5.74, 6) is -1.03. The summed E-state index contributed by atoms with van der Waals surface area (Å²) in [6, 6.07) is 5.04. The number of aliphatic carboxylic acids is 1. The van der Waals surface area contributed by atoms with E-state index in [1.807, 2.05) is 0 Å². The Morgan fingerprint density at radius 3 is 2.68 bits per heavy atom. The summed E-state index contributed by atoms with van der Waals surface area (Å²) in [5.41, 5.74) is 3.01. The van der Waals surface area contributed by atoms with Gasteiger partial charge in [0.2, 0.25) is 11.8 Å². The molecule has 3 rings (SSSR count). The van der Waals surface area contributed by atoms with E-state index < -0.39 is 24.0 Å². The van der Waals surface area contributed by atoms with Crippen molar-refractivity contribution in [1.82, 2.24) is 20.8 Å². The van der Waals surface area contributed by atoms with Crippen molar-refractivity contribution in [2.75, 3.05) is 7.11 Å². The van der Waals surface area contributed by atoms with Crippen LogP contribution in [0.25, 0.3) is 0 Å². The molecule has 0 fully saturated rings. The van der Waals surface area contributed by atoms with Gasteiger partial charge in [-0.15, -0.1) is 0 Å². The first-order valence-electron chi connectivity index (χ1n) is 10.3. The smallest absolute Gasteiger partial charge is 0.326 e. The number of ether oxygens (including phenoxy) is 1. The first-order valence-corrected chi connectivity index (χ1v) is 10.3. The van der Waals surface area contributed by atoms with E-state index in [-0.39, 0.29) is 18.2 Å². The zero-order valence-corrected chi connectivity index (χ0v) is 17.7. The number of rotatable bonds is 9. The first-order chi connectivity index (χ1) is 14.9. The lowest BCUT2D eigenvalue weighted by Gasteiger charge is -2.23.